The number of benzene rings is 1. The van der Waals surface area contributed by atoms with Crippen molar-refractivity contribution in [3.8, 4) is 0 Å². The van der Waals surface area contributed by atoms with E-state index in [9.17, 15) is 14.0 Å². The zero-order valence-electron chi connectivity index (χ0n) is 10.7. The highest BCUT2D eigenvalue weighted by atomic mass is 79.9. The number of H-pyrrole nitrogens is 1. The van der Waals surface area contributed by atoms with Gasteiger partial charge in [-0.25, -0.2) is 4.39 Å². The van der Waals surface area contributed by atoms with E-state index < -0.39 is 5.82 Å². The maximum Gasteiger partial charge on any atom is 0.262 e. The first-order chi connectivity index (χ1) is 9.50. The van der Waals surface area contributed by atoms with E-state index in [0.717, 1.165) is 0 Å². The minimum atomic E-state index is -0.465. The number of aromatic amines is 1. The number of nitrogens with zero attached hydrogens (tertiary/aromatic N) is 1. The Balaban J connectivity index is 2.22. The maximum atomic E-state index is 13.6. The number of rotatable bonds is 3. The number of amides is 1. The van der Waals surface area contributed by atoms with Crippen LogP contribution in [0.15, 0.2) is 45.8 Å². The predicted molar refractivity (Wildman–Crippen MR) is 78.3 cm³/mol. The number of likely N-dealkylation sites (N-methyl/N-ethyl adjacent to an activating group) is 1. The number of carbonyl (C=O) groups excluding carboxylic acids is 1. The van der Waals surface area contributed by atoms with Crippen LogP contribution >= 0.6 is 15.9 Å². The van der Waals surface area contributed by atoms with E-state index in [1.807, 2.05) is 0 Å². The van der Waals surface area contributed by atoms with Gasteiger partial charge in [0.2, 0.25) is 5.91 Å². The van der Waals surface area contributed by atoms with Crippen LogP contribution in [-0.2, 0) is 11.2 Å². The van der Waals surface area contributed by atoms with Crippen molar-refractivity contribution in [3.05, 3.63) is 62.7 Å². The molecule has 1 aromatic heterocycles. The van der Waals surface area contributed by atoms with Crippen LogP contribution < -0.4 is 10.5 Å². The monoisotopic (exact) mass is 338 g/mol. The number of halogens is 2. The summed E-state index contributed by atoms with van der Waals surface area (Å²) in [7, 11) is 1.50. The molecule has 4 nitrogen and oxygen atoms in total. The predicted octanol–water partition coefficient (Wildman–Crippen LogP) is 2.48. The number of nitrogens with one attached hydrogen (secondary N) is 1. The molecule has 0 bridgehead atoms. The van der Waals surface area contributed by atoms with Crippen LogP contribution in [0.25, 0.3) is 0 Å². The smallest absolute Gasteiger partial charge is 0.262 e. The van der Waals surface area contributed by atoms with Gasteiger partial charge in [-0.3, -0.25) is 9.59 Å². The van der Waals surface area contributed by atoms with Crippen molar-refractivity contribution in [2.75, 3.05) is 11.9 Å². The summed E-state index contributed by atoms with van der Waals surface area (Å²) < 4.78 is 13.9. The number of hydrogen-bond donors (Lipinski definition) is 1. The second kappa shape index (κ2) is 6.00. The quantitative estimate of drug-likeness (QED) is 0.934. The van der Waals surface area contributed by atoms with E-state index in [0.29, 0.717) is 10.0 Å². The van der Waals surface area contributed by atoms with Crippen molar-refractivity contribution in [1.29, 1.82) is 0 Å². The molecular formula is C14H12BrFN2O2. The highest BCUT2D eigenvalue weighted by Gasteiger charge is 2.16. The Morgan fingerprint density at radius 3 is 2.75 bits per heavy atom. The van der Waals surface area contributed by atoms with E-state index in [1.54, 1.807) is 18.2 Å². The van der Waals surface area contributed by atoms with Crippen molar-refractivity contribution < 1.29 is 9.18 Å². The molecule has 0 saturated heterocycles. The molecule has 1 heterocycles. The zero-order chi connectivity index (χ0) is 14.7. The summed E-state index contributed by atoms with van der Waals surface area (Å²) in [5.74, 6) is -0.769. The molecule has 0 aliphatic heterocycles. The Morgan fingerprint density at radius 2 is 2.05 bits per heavy atom. The molecule has 0 aliphatic carbocycles. The van der Waals surface area contributed by atoms with Crippen LogP contribution in [0.2, 0.25) is 0 Å². The summed E-state index contributed by atoms with van der Waals surface area (Å²) in [6.07, 6.45) is 1.48. The molecule has 0 saturated carbocycles. The average Bonchev–Trinajstić information content (AvgIpc) is 2.43. The lowest BCUT2D eigenvalue weighted by atomic mass is 10.1. The SMILES string of the molecule is CN(C(=O)Cc1cc[nH]c(=O)c1Br)c1ccccc1F. The molecule has 2 aromatic rings. The van der Waals surface area contributed by atoms with E-state index >= 15 is 0 Å². The number of pyridine rings is 1. The third-order valence-electron chi connectivity index (χ3n) is 2.91. The summed E-state index contributed by atoms with van der Waals surface area (Å²) in [6, 6.07) is 7.68. The van der Waals surface area contributed by atoms with Crippen LogP contribution in [0.5, 0.6) is 0 Å². The fourth-order valence-electron chi connectivity index (χ4n) is 1.78. The van der Waals surface area contributed by atoms with Crippen molar-refractivity contribution in [2.24, 2.45) is 0 Å². The van der Waals surface area contributed by atoms with Crippen LogP contribution in [0.3, 0.4) is 0 Å². The van der Waals surface area contributed by atoms with Crippen molar-refractivity contribution in [2.45, 2.75) is 6.42 Å². The molecule has 0 aliphatic rings. The molecule has 0 atom stereocenters. The first-order valence-corrected chi connectivity index (χ1v) is 6.67. The minimum Gasteiger partial charge on any atom is -0.328 e. The largest absolute Gasteiger partial charge is 0.328 e. The third kappa shape index (κ3) is 2.96. The average molecular weight is 339 g/mol. The molecule has 1 N–H and O–H groups in total. The Hall–Kier alpha value is -1.95. The summed E-state index contributed by atoms with van der Waals surface area (Å²) >= 11 is 3.14. The van der Waals surface area contributed by atoms with E-state index in [2.05, 4.69) is 20.9 Å². The van der Waals surface area contributed by atoms with Crippen LogP contribution in [0.4, 0.5) is 10.1 Å². The summed E-state index contributed by atoms with van der Waals surface area (Å²) in [5, 5.41) is 0. The zero-order valence-corrected chi connectivity index (χ0v) is 12.3. The summed E-state index contributed by atoms with van der Waals surface area (Å²) in [4.78, 5) is 27.3. The Bertz CT molecular complexity index is 700. The number of aromatic nitrogens is 1. The molecule has 1 amide bonds. The van der Waals surface area contributed by atoms with Gasteiger partial charge in [-0.1, -0.05) is 12.1 Å². The molecule has 0 radical (unpaired) electrons. The van der Waals surface area contributed by atoms with Crippen LogP contribution in [-0.4, -0.2) is 17.9 Å². The van der Waals surface area contributed by atoms with E-state index in [-0.39, 0.29) is 23.6 Å². The van der Waals surface area contributed by atoms with Gasteiger partial charge in [-0.15, -0.1) is 0 Å². The third-order valence-corrected chi connectivity index (χ3v) is 3.78. The summed E-state index contributed by atoms with van der Waals surface area (Å²) in [5.41, 5.74) is 0.462. The Labute approximate surface area is 123 Å². The first-order valence-electron chi connectivity index (χ1n) is 5.88. The number of anilines is 1. The van der Waals surface area contributed by atoms with Gasteiger partial charge in [0, 0.05) is 13.2 Å². The van der Waals surface area contributed by atoms with Gasteiger partial charge in [0.15, 0.2) is 0 Å². The second-order valence-electron chi connectivity index (χ2n) is 4.23. The second-order valence-corrected chi connectivity index (χ2v) is 5.02. The normalized spacial score (nSPS) is 10.3. The highest BCUT2D eigenvalue weighted by Crippen LogP contribution is 2.19. The topological polar surface area (TPSA) is 53.2 Å². The van der Waals surface area contributed by atoms with Gasteiger partial charge in [0.05, 0.1) is 16.6 Å². The minimum absolute atomic E-state index is 0.00926. The van der Waals surface area contributed by atoms with Gasteiger partial charge < -0.3 is 9.88 Å². The lowest BCUT2D eigenvalue weighted by molar-refractivity contribution is -0.117. The van der Waals surface area contributed by atoms with E-state index in [4.69, 9.17) is 0 Å². The molecule has 2 rings (SSSR count). The van der Waals surface area contributed by atoms with Gasteiger partial charge in [-0.05, 0) is 39.7 Å². The van der Waals surface area contributed by atoms with E-state index in [1.165, 1.54) is 30.3 Å². The Morgan fingerprint density at radius 1 is 1.35 bits per heavy atom. The van der Waals surface area contributed by atoms with Gasteiger partial charge >= 0.3 is 0 Å². The number of hydrogen-bond acceptors (Lipinski definition) is 2. The van der Waals surface area contributed by atoms with Crippen molar-refractivity contribution in [3.63, 3.8) is 0 Å². The molecule has 6 heteroatoms. The lowest BCUT2D eigenvalue weighted by Gasteiger charge is -2.18. The van der Waals surface area contributed by atoms with Crippen LogP contribution in [0, 0.1) is 5.82 Å². The Kier molecular flexibility index (Phi) is 4.34. The summed E-state index contributed by atoms with van der Waals surface area (Å²) in [6.45, 7) is 0. The van der Waals surface area contributed by atoms with Crippen molar-refractivity contribution in [1.82, 2.24) is 4.98 Å². The lowest BCUT2D eigenvalue weighted by Crippen LogP contribution is -2.29. The molecule has 0 spiro atoms. The van der Waals surface area contributed by atoms with Gasteiger partial charge in [-0.2, -0.15) is 0 Å². The molecule has 1 aromatic carbocycles. The maximum absolute atomic E-state index is 13.6. The fraction of sp³-hybridized carbons (Fsp3) is 0.143. The fourth-order valence-corrected chi connectivity index (χ4v) is 2.16. The molecule has 20 heavy (non-hydrogen) atoms. The number of para-hydroxylation sites is 1. The van der Waals surface area contributed by atoms with Crippen LogP contribution in [0.1, 0.15) is 5.56 Å². The molecule has 0 fully saturated rings. The standard InChI is InChI=1S/C14H12BrFN2O2/c1-18(11-5-3-2-4-10(11)16)12(19)8-9-6-7-17-14(20)13(9)15/h2-7H,8H2,1H3,(H,17,20). The van der Waals surface area contributed by atoms with Gasteiger partial charge in [0.1, 0.15) is 5.82 Å². The highest BCUT2D eigenvalue weighted by molar-refractivity contribution is 9.10. The first kappa shape index (κ1) is 14.5. The van der Waals surface area contributed by atoms with Crippen molar-refractivity contribution >= 4 is 27.5 Å². The molecular weight excluding hydrogens is 327 g/mol. The molecule has 104 valence electrons. The molecule has 0 unspecified atom stereocenters. The number of carbonyl (C=O) groups is 1. The van der Waals surface area contributed by atoms with Gasteiger partial charge in [0.25, 0.3) is 5.56 Å².